The van der Waals surface area contributed by atoms with Gasteiger partial charge >= 0.3 is 0 Å². The molecule has 18 heavy (non-hydrogen) atoms. The number of likely N-dealkylation sites (tertiary alicyclic amines) is 1. The number of aromatic nitrogens is 2. The summed E-state index contributed by atoms with van der Waals surface area (Å²) in [5, 5.41) is 3.72. The summed E-state index contributed by atoms with van der Waals surface area (Å²) < 4.78 is 2.14. The maximum atomic E-state index is 4.06. The molecule has 1 aliphatic heterocycles. The van der Waals surface area contributed by atoms with Gasteiger partial charge in [-0.05, 0) is 39.3 Å². The SMILES string of the molecule is CC1CN(C)C(C)CC1NCCCn1ccnc1. The summed E-state index contributed by atoms with van der Waals surface area (Å²) in [6.07, 6.45) is 8.20. The van der Waals surface area contributed by atoms with Crippen molar-refractivity contribution in [2.75, 3.05) is 20.1 Å². The summed E-state index contributed by atoms with van der Waals surface area (Å²) in [5.41, 5.74) is 0. The summed E-state index contributed by atoms with van der Waals surface area (Å²) in [4.78, 5) is 6.52. The molecule has 1 aromatic rings. The molecule has 1 aliphatic rings. The third-order valence-electron chi connectivity index (χ3n) is 4.17. The molecule has 0 radical (unpaired) electrons. The predicted octanol–water partition coefficient (Wildman–Crippen LogP) is 1.59. The average molecular weight is 250 g/mol. The maximum Gasteiger partial charge on any atom is 0.0945 e. The van der Waals surface area contributed by atoms with E-state index in [1.165, 1.54) is 19.4 Å². The number of nitrogens with zero attached hydrogens (tertiary/aromatic N) is 3. The number of nitrogens with one attached hydrogen (secondary N) is 1. The van der Waals surface area contributed by atoms with Gasteiger partial charge in [0, 0.05) is 37.6 Å². The van der Waals surface area contributed by atoms with Gasteiger partial charge in [0.1, 0.15) is 0 Å². The molecule has 0 bridgehead atoms. The molecule has 3 unspecified atom stereocenters. The smallest absolute Gasteiger partial charge is 0.0945 e. The van der Waals surface area contributed by atoms with Crippen LogP contribution in [0.15, 0.2) is 18.7 Å². The Bertz CT molecular complexity index is 336. The Morgan fingerprint density at radius 1 is 1.39 bits per heavy atom. The van der Waals surface area contributed by atoms with E-state index < -0.39 is 0 Å². The highest BCUT2D eigenvalue weighted by Gasteiger charge is 2.27. The van der Waals surface area contributed by atoms with Crippen molar-refractivity contribution in [1.29, 1.82) is 0 Å². The normalized spacial score (nSPS) is 29.6. The van der Waals surface area contributed by atoms with Crippen molar-refractivity contribution in [3.63, 3.8) is 0 Å². The van der Waals surface area contributed by atoms with Gasteiger partial charge in [0.05, 0.1) is 6.33 Å². The zero-order chi connectivity index (χ0) is 13.0. The first-order valence-electron chi connectivity index (χ1n) is 7.06. The van der Waals surface area contributed by atoms with Gasteiger partial charge < -0.3 is 14.8 Å². The largest absolute Gasteiger partial charge is 0.337 e. The fourth-order valence-electron chi connectivity index (χ4n) is 2.79. The molecule has 2 heterocycles. The molecule has 4 heteroatoms. The van der Waals surface area contributed by atoms with Gasteiger partial charge in [-0.3, -0.25) is 0 Å². The fourth-order valence-corrected chi connectivity index (χ4v) is 2.79. The molecule has 1 N–H and O–H groups in total. The molecule has 0 aromatic carbocycles. The van der Waals surface area contributed by atoms with E-state index in [0.29, 0.717) is 12.1 Å². The quantitative estimate of drug-likeness (QED) is 0.806. The molecule has 0 spiro atoms. The lowest BCUT2D eigenvalue weighted by Crippen LogP contribution is -2.51. The number of hydrogen-bond acceptors (Lipinski definition) is 3. The van der Waals surface area contributed by atoms with E-state index >= 15 is 0 Å². The Kier molecular flexibility index (Phi) is 4.78. The van der Waals surface area contributed by atoms with Crippen LogP contribution in [0.5, 0.6) is 0 Å². The van der Waals surface area contributed by atoms with E-state index in [1.54, 1.807) is 0 Å². The highest BCUT2D eigenvalue weighted by Crippen LogP contribution is 2.20. The fraction of sp³-hybridized carbons (Fsp3) is 0.786. The summed E-state index contributed by atoms with van der Waals surface area (Å²) in [6, 6.07) is 1.38. The Morgan fingerprint density at radius 2 is 2.22 bits per heavy atom. The van der Waals surface area contributed by atoms with Gasteiger partial charge in [0.2, 0.25) is 0 Å². The number of piperidine rings is 1. The number of aryl methyl sites for hydroxylation is 1. The standard InChI is InChI=1S/C14H26N4/c1-12-10-17(3)13(2)9-14(12)16-5-4-7-18-8-6-15-11-18/h6,8,11-14,16H,4-5,7,9-10H2,1-3H3. The first-order valence-corrected chi connectivity index (χ1v) is 7.06. The lowest BCUT2D eigenvalue weighted by Gasteiger charge is -2.40. The van der Waals surface area contributed by atoms with E-state index in [-0.39, 0.29) is 0 Å². The highest BCUT2D eigenvalue weighted by atomic mass is 15.2. The van der Waals surface area contributed by atoms with Crippen LogP contribution in [0, 0.1) is 5.92 Å². The summed E-state index contributed by atoms with van der Waals surface area (Å²) in [7, 11) is 2.23. The molecule has 1 saturated heterocycles. The van der Waals surface area contributed by atoms with E-state index in [9.17, 15) is 0 Å². The van der Waals surface area contributed by atoms with Gasteiger partial charge in [-0.1, -0.05) is 6.92 Å². The third kappa shape index (κ3) is 3.56. The Morgan fingerprint density at radius 3 is 2.94 bits per heavy atom. The van der Waals surface area contributed by atoms with Crippen molar-refractivity contribution in [3.05, 3.63) is 18.7 Å². The van der Waals surface area contributed by atoms with E-state index in [2.05, 4.69) is 40.7 Å². The van der Waals surface area contributed by atoms with Crippen LogP contribution >= 0.6 is 0 Å². The molecule has 0 aliphatic carbocycles. The zero-order valence-corrected chi connectivity index (χ0v) is 11.8. The minimum atomic E-state index is 0.680. The van der Waals surface area contributed by atoms with Crippen molar-refractivity contribution >= 4 is 0 Å². The number of imidazole rings is 1. The van der Waals surface area contributed by atoms with Crippen LogP contribution < -0.4 is 5.32 Å². The van der Waals surface area contributed by atoms with Crippen molar-refractivity contribution in [3.8, 4) is 0 Å². The molecule has 4 nitrogen and oxygen atoms in total. The topological polar surface area (TPSA) is 33.1 Å². The molecular formula is C14H26N4. The molecule has 1 fully saturated rings. The van der Waals surface area contributed by atoms with Crippen LogP contribution in [-0.2, 0) is 6.54 Å². The van der Waals surface area contributed by atoms with Crippen LogP contribution in [0.2, 0.25) is 0 Å². The van der Waals surface area contributed by atoms with Gasteiger partial charge in [0.15, 0.2) is 0 Å². The summed E-state index contributed by atoms with van der Waals surface area (Å²) in [5.74, 6) is 0.749. The molecule has 0 amide bonds. The van der Waals surface area contributed by atoms with Crippen LogP contribution in [0.1, 0.15) is 26.7 Å². The van der Waals surface area contributed by atoms with Crippen LogP contribution in [0.4, 0.5) is 0 Å². The van der Waals surface area contributed by atoms with E-state index in [1.807, 2.05) is 18.7 Å². The Hall–Kier alpha value is -0.870. The molecule has 1 aromatic heterocycles. The molecule has 102 valence electrons. The lowest BCUT2D eigenvalue weighted by molar-refractivity contribution is 0.121. The van der Waals surface area contributed by atoms with Crippen LogP contribution in [0.3, 0.4) is 0 Å². The van der Waals surface area contributed by atoms with Gasteiger partial charge in [-0.15, -0.1) is 0 Å². The van der Waals surface area contributed by atoms with Crippen molar-refractivity contribution in [1.82, 2.24) is 19.8 Å². The van der Waals surface area contributed by atoms with Crippen LogP contribution in [0.25, 0.3) is 0 Å². The third-order valence-corrected chi connectivity index (χ3v) is 4.17. The van der Waals surface area contributed by atoms with Gasteiger partial charge in [0.25, 0.3) is 0 Å². The second kappa shape index (κ2) is 6.34. The van der Waals surface area contributed by atoms with Gasteiger partial charge in [-0.25, -0.2) is 4.98 Å². The molecular weight excluding hydrogens is 224 g/mol. The summed E-state index contributed by atoms with van der Waals surface area (Å²) in [6.45, 7) is 8.05. The zero-order valence-electron chi connectivity index (χ0n) is 11.8. The van der Waals surface area contributed by atoms with Crippen molar-refractivity contribution < 1.29 is 0 Å². The minimum absolute atomic E-state index is 0.680. The van der Waals surface area contributed by atoms with Crippen molar-refractivity contribution in [2.24, 2.45) is 5.92 Å². The van der Waals surface area contributed by atoms with E-state index in [0.717, 1.165) is 19.0 Å². The van der Waals surface area contributed by atoms with Crippen LogP contribution in [-0.4, -0.2) is 46.7 Å². The van der Waals surface area contributed by atoms with Gasteiger partial charge in [-0.2, -0.15) is 0 Å². The van der Waals surface area contributed by atoms with Crippen molar-refractivity contribution in [2.45, 2.75) is 45.3 Å². The number of hydrogen-bond donors (Lipinski definition) is 1. The first-order chi connectivity index (χ1) is 8.66. The number of rotatable bonds is 5. The second-order valence-electron chi connectivity index (χ2n) is 5.72. The van der Waals surface area contributed by atoms with E-state index in [4.69, 9.17) is 0 Å². The lowest BCUT2D eigenvalue weighted by atomic mass is 9.90. The Labute approximate surface area is 110 Å². The maximum absolute atomic E-state index is 4.06. The highest BCUT2D eigenvalue weighted by molar-refractivity contribution is 4.86. The molecule has 2 rings (SSSR count). The molecule has 0 saturated carbocycles. The Balaban J connectivity index is 1.67. The molecule has 3 atom stereocenters. The predicted molar refractivity (Wildman–Crippen MR) is 74.5 cm³/mol. The monoisotopic (exact) mass is 250 g/mol. The first kappa shape index (κ1) is 13.6. The minimum Gasteiger partial charge on any atom is -0.337 e. The average Bonchev–Trinajstić information content (AvgIpc) is 2.84. The second-order valence-corrected chi connectivity index (χ2v) is 5.72. The summed E-state index contributed by atoms with van der Waals surface area (Å²) >= 11 is 0.